The molecule has 0 amide bonds. The lowest BCUT2D eigenvalue weighted by molar-refractivity contribution is 0.0254. The van der Waals surface area contributed by atoms with Crippen LogP contribution in [0.25, 0.3) is 0 Å². The number of nitrogens with zero attached hydrogens (tertiary/aromatic N) is 2. The van der Waals surface area contributed by atoms with Gasteiger partial charge in [0.25, 0.3) is 0 Å². The summed E-state index contributed by atoms with van der Waals surface area (Å²) in [6.07, 6.45) is 5.23. The van der Waals surface area contributed by atoms with Crippen LogP contribution in [0, 0.1) is 0 Å². The maximum atomic E-state index is 9.53. The molecular formula is C10H18N2O2. The fourth-order valence-electron chi connectivity index (χ4n) is 1.14. The van der Waals surface area contributed by atoms with Crippen molar-refractivity contribution < 1.29 is 9.84 Å². The Bertz CT molecular complexity index is 224. The highest BCUT2D eigenvalue weighted by molar-refractivity contribution is 4.78. The third-order valence-electron chi connectivity index (χ3n) is 1.91. The highest BCUT2D eigenvalue weighted by Crippen LogP contribution is 1.94. The topological polar surface area (TPSA) is 47.3 Å². The minimum absolute atomic E-state index is 0.389. The molecule has 0 aromatic carbocycles. The average molecular weight is 198 g/mol. The molecule has 0 fully saturated rings. The van der Waals surface area contributed by atoms with Crippen molar-refractivity contribution in [1.82, 2.24) is 9.78 Å². The Morgan fingerprint density at radius 2 is 2.43 bits per heavy atom. The first-order chi connectivity index (χ1) is 6.83. The van der Waals surface area contributed by atoms with Gasteiger partial charge in [-0.2, -0.15) is 5.10 Å². The van der Waals surface area contributed by atoms with Crippen LogP contribution in [0.1, 0.15) is 19.8 Å². The van der Waals surface area contributed by atoms with Crippen molar-refractivity contribution in [2.24, 2.45) is 0 Å². The Kier molecular flexibility index (Phi) is 5.25. The van der Waals surface area contributed by atoms with Crippen molar-refractivity contribution >= 4 is 0 Å². The molecule has 4 heteroatoms. The number of aliphatic hydroxyl groups is 1. The van der Waals surface area contributed by atoms with E-state index in [-0.39, 0.29) is 0 Å². The van der Waals surface area contributed by atoms with Crippen molar-refractivity contribution in [3.63, 3.8) is 0 Å². The van der Waals surface area contributed by atoms with Crippen LogP contribution in [-0.4, -0.2) is 34.2 Å². The Morgan fingerprint density at radius 1 is 1.57 bits per heavy atom. The van der Waals surface area contributed by atoms with Gasteiger partial charge in [-0.15, -0.1) is 0 Å². The summed E-state index contributed by atoms with van der Waals surface area (Å²) >= 11 is 0. The van der Waals surface area contributed by atoms with E-state index in [9.17, 15) is 5.11 Å². The molecule has 0 saturated heterocycles. The van der Waals surface area contributed by atoms with E-state index < -0.39 is 6.10 Å². The van der Waals surface area contributed by atoms with E-state index in [0.29, 0.717) is 13.2 Å². The van der Waals surface area contributed by atoms with E-state index >= 15 is 0 Å². The normalized spacial score (nSPS) is 13.0. The maximum Gasteiger partial charge on any atom is 0.0968 e. The Balaban J connectivity index is 2.07. The van der Waals surface area contributed by atoms with Gasteiger partial charge in [0.15, 0.2) is 0 Å². The SMILES string of the molecule is CCCCOCC(O)Cn1cccn1. The van der Waals surface area contributed by atoms with Crippen molar-refractivity contribution in [3.8, 4) is 0 Å². The van der Waals surface area contributed by atoms with Crippen molar-refractivity contribution in [2.45, 2.75) is 32.4 Å². The first-order valence-corrected chi connectivity index (χ1v) is 5.06. The second-order valence-electron chi connectivity index (χ2n) is 3.31. The molecule has 1 unspecified atom stereocenters. The van der Waals surface area contributed by atoms with E-state index in [1.54, 1.807) is 10.9 Å². The summed E-state index contributed by atoms with van der Waals surface area (Å²) in [6, 6.07) is 1.84. The highest BCUT2D eigenvalue weighted by Gasteiger charge is 2.04. The van der Waals surface area contributed by atoms with Crippen LogP contribution in [0.15, 0.2) is 18.5 Å². The molecule has 1 heterocycles. The number of aliphatic hydroxyl groups excluding tert-OH is 1. The molecule has 80 valence electrons. The number of unbranched alkanes of at least 4 members (excludes halogenated alkanes) is 1. The van der Waals surface area contributed by atoms with Gasteiger partial charge < -0.3 is 9.84 Å². The Morgan fingerprint density at radius 3 is 3.07 bits per heavy atom. The summed E-state index contributed by atoms with van der Waals surface area (Å²) in [5.41, 5.74) is 0. The monoisotopic (exact) mass is 198 g/mol. The van der Waals surface area contributed by atoms with Crippen molar-refractivity contribution in [1.29, 1.82) is 0 Å². The minimum atomic E-state index is -0.466. The van der Waals surface area contributed by atoms with Gasteiger partial charge in [0.1, 0.15) is 0 Å². The van der Waals surface area contributed by atoms with Crippen molar-refractivity contribution in [3.05, 3.63) is 18.5 Å². The molecule has 0 radical (unpaired) electrons. The molecule has 14 heavy (non-hydrogen) atoms. The molecular weight excluding hydrogens is 180 g/mol. The second-order valence-corrected chi connectivity index (χ2v) is 3.31. The van der Waals surface area contributed by atoms with Crippen LogP contribution < -0.4 is 0 Å². The lowest BCUT2D eigenvalue weighted by atomic mass is 10.3. The lowest BCUT2D eigenvalue weighted by Gasteiger charge is -2.10. The quantitative estimate of drug-likeness (QED) is 0.666. The maximum absolute atomic E-state index is 9.53. The number of ether oxygens (including phenoxy) is 1. The molecule has 0 saturated carbocycles. The van der Waals surface area contributed by atoms with Crippen LogP contribution in [-0.2, 0) is 11.3 Å². The van der Waals surface area contributed by atoms with E-state index in [2.05, 4.69) is 12.0 Å². The van der Waals surface area contributed by atoms with Crippen LogP contribution in [0.4, 0.5) is 0 Å². The number of hydrogen-bond donors (Lipinski definition) is 1. The third-order valence-corrected chi connectivity index (χ3v) is 1.91. The zero-order chi connectivity index (χ0) is 10.2. The molecule has 0 aliphatic heterocycles. The molecule has 0 aliphatic rings. The largest absolute Gasteiger partial charge is 0.389 e. The number of rotatable bonds is 7. The van der Waals surface area contributed by atoms with Gasteiger partial charge >= 0.3 is 0 Å². The third kappa shape index (κ3) is 4.39. The molecule has 4 nitrogen and oxygen atoms in total. The van der Waals surface area contributed by atoms with E-state index in [1.165, 1.54) is 0 Å². The fraction of sp³-hybridized carbons (Fsp3) is 0.700. The van der Waals surface area contributed by atoms with Gasteiger partial charge in [0.05, 0.1) is 19.3 Å². The predicted molar refractivity (Wildman–Crippen MR) is 54.0 cm³/mol. The zero-order valence-electron chi connectivity index (χ0n) is 8.59. The predicted octanol–water partition coefficient (Wildman–Crippen LogP) is 1.06. The second kappa shape index (κ2) is 6.56. The smallest absolute Gasteiger partial charge is 0.0968 e. The molecule has 1 atom stereocenters. The Labute approximate surface area is 84.5 Å². The van der Waals surface area contributed by atoms with E-state index in [4.69, 9.17) is 4.74 Å². The molecule has 0 spiro atoms. The molecule has 1 aromatic heterocycles. The van der Waals surface area contributed by atoms with Crippen LogP contribution >= 0.6 is 0 Å². The summed E-state index contributed by atoms with van der Waals surface area (Å²) in [6.45, 7) is 3.73. The van der Waals surface area contributed by atoms with Gasteiger partial charge in [-0.05, 0) is 12.5 Å². The Hall–Kier alpha value is -0.870. The summed E-state index contributed by atoms with van der Waals surface area (Å²) in [5.74, 6) is 0. The first kappa shape index (κ1) is 11.2. The van der Waals surface area contributed by atoms with Gasteiger partial charge in [-0.25, -0.2) is 0 Å². The van der Waals surface area contributed by atoms with E-state index in [0.717, 1.165) is 19.4 Å². The summed E-state index contributed by atoms with van der Waals surface area (Å²) in [5, 5.41) is 13.5. The van der Waals surface area contributed by atoms with Gasteiger partial charge in [-0.3, -0.25) is 4.68 Å². The standard InChI is InChI=1S/C10H18N2O2/c1-2-3-7-14-9-10(13)8-12-6-4-5-11-12/h4-6,10,13H,2-3,7-9H2,1H3. The van der Waals surface area contributed by atoms with Crippen molar-refractivity contribution in [2.75, 3.05) is 13.2 Å². The van der Waals surface area contributed by atoms with Crippen LogP contribution in [0.5, 0.6) is 0 Å². The molecule has 0 bridgehead atoms. The van der Waals surface area contributed by atoms with Gasteiger partial charge in [0.2, 0.25) is 0 Å². The lowest BCUT2D eigenvalue weighted by Crippen LogP contribution is -2.22. The summed E-state index contributed by atoms with van der Waals surface area (Å²) in [7, 11) is 0. The fourth-order valence-corrected chi connectivity index (χ4v) is 1.14. The van der Waals surface area contributed by atoms with Gasteiger partial charge in [-0.1, -0.05) is 13.3 Å². The molecule has 1 aromatic rings. The minimum Gasteiger partial charge on any atom is -0.389 e. The zero-order valence-corrected chi connectivity index (χ0v) is 8.59. The molecule has 1 rings (SSSR count). The molecule has 0 aliphatic carbocycles. The summed E-state index contributed by atoms with van der Waals surface area (Å²) < 4.78 is 7.00. The van der Waals surface area contributed by atoms with Crippen LogP contribution in [0.3, 0.4) is 0 Å². The van der Waals surface area contributed by atoms with E-state index in [1.807, 2.05) is 12.3 Å². The van der Waals surface area contributed by atoms with Crippen LogP contribution in [0.2, 0.25) is 0 Å². The number of hydrogen-bond acceptors (Lipinski definition) is 3. The average Bonchev–Trinajstić information content (AvgIpc) is 2.65. The first-order valence-electron chi connectivity index (χ1n) is 5.06. The highest BCUT2D eigenvalue weighted by atomic mass is 16.5. The van der Waals surface area contributed by atoms with Gasteiger partial charge in [0, 0.05) is 19.0 Å². The summed E-state index contributed by atoms with van der Waals surface area (Å²) in [4.78, 5) is 0. The molecule has 1 N–H and O–H groups in total. The number of aromatic nitrogens is 2.